The van der Waals surface area contributed by atoms with Gasteiger partial charge in [0.1, 0.15) is 0 Å². The Balaban J connectivity index is 2.02. The van der Waals surface area contributed by atoms with Crippen LogP contribution in [-0.4, -0.2) is 44.4 Å². The molecule has 0 radical (unpaired) electrons. The topological polar surface area (TPSA) is 32.5 Å². The third-order valence-corrected chi connectivity index (χ3v) is 4.00. The van der Waals surface area contributed by atoms with Gasteiger partial charge in [-0.15, -0.1) is 11.8 Å². The zero-order chi connectivity index (χ0) is 12.3. The van der Waals surface area contributed by atoms with Crippen LogP contribution >= 0.6 is 11.8 Å². The molecule has 0 amide bonds. The summed E-state index contributed by atoms with van der Waals surface area (Å²) in [4.78, 5) is 6.05. The summed E-state index contributed by atoms with van der Waals surface area (Å²) in [6.07, 6.45) is 1.21. The van der Waals surface area contributed by atoms with Crippen molar-refractivity contribution < 1.29 is 0 Å². The van der Waals surface area contributed by atoms with Gasteiger partial charge in [0.15, 0.2) is 0 Å². The molecule has 4 heteroatoms. The molecule has 0 saturated carbocycles. The molecule has 0 atom stereocenters. The fourth-order valence-electron chi connectivity index (χ4n) is 2.10. The number of hydrogen-bond donors (Lipinski definition) is 1. The van der Waals surface area contributed by atoms with E-state index in [-0.39, 0.29) is 0 Å². The van der Waals surface area contributed by atoms with Crippen LogP contribution < -0.4 is 10.6 Å². The van der Waals surface area contributed by atoms with E-state index in [0.717, 1.165) is 25.3 Å². The van der Waals surface area contributed by atoms with Gasteiger partial charge in [-0.3, -0.25) is 0 Å². The molecule has 1 aromatic rings. The van der Waals surface area contributed by atoms with Gasteiger partial charge in [-0.2, -0.15) is 0 Å². The number of benzene rings is 1. The molecular weight excluding hydrogens is 230 g/mol. The van der Waals surface area contributed by atoms with Gasteiger partial charge in [0.25, 0.3) is 0 Å². The fourth-order valence-corrected chi connectivity index (χ4v) is 3.20. The van der Waals surface area contributed by atoms with Gasteiger partial charge in [0.2, 0.25) is 0 Å². The monoisotopic (exact) mass is 251 g/mol. The number of nitrogens with two attached hydrogens (primary N) is 1. The van der Waals surface area contributed by atoms with E-state index in [1.165, 1.54) is 22.8 Å². The van der Waals surface area contributed by atoms with Crippen LogP contribution in [0.1, 0.15) is 6.42 Å². The highest BCUT2D eigenvalue weighted by molar-refractivity contribution is 7.99. The van der Waals surface area contributed by atoms with E-state index in [2.05, 4.69) is 36.0 Å². The van der Waals surface area contributed by atoms with Crippen LogP contribution in [0, 0.1) is 0 Å². The minimum absolute atomic E-state index is 0.867. The summed E-state index contributed by atoms with van der Waals surface area (Å²) >= 11 is 1.91. The number of nitrogen functional groups attached to an aromatic ring is 1. The molecule has 3 nitrogen and oxygen atoms in total. The first kappa shape index (κ1) is 12.6. The average Bonchev–Trinajstić information content (AvgIpc) is 2.28. The summed E-state index contributed by atoms with van der Waals surface area (Å²) in [6.45, 7) is 3.43. The standard InChI is InChI=1S/C13H21N3S/c1-15(2)6-3-7-16-8-9-17-13-10-11(14)4-5-12(13)16/h4-5,10H,3,6-9,14H2,1-2H3. The molecule has 0 spiro atoms. The quantitative estimate of drug-likeness (QED) is 0.831. The number of fused-ring (bicyclic) bond motifs is 1. The summed E-state index contributed by atoms with van der Waals surface area (Å²) in [6, 6.07) is 6.26. The van der Waals surface area contributed by atoms with Crippen molar-refractivity contribution in [3.8, 4) is 0 Å². The maximum atomic E-state index is 5.83. The molecular formula is C13H21N3S. The van der Waals surface area contributed by atoms with Crippen LogP contribution in [0.2, 0.25) is 0 Å². The zero-order valence-corrected chi connectivity index (χ0v) is 11.5. The van der Waals surface area contributed by atoms with E-state index < -0.39 is 0 Å². The Bertz CT molecular complexity index is 379. The summed E-state index contributed by atoms with van der Waals surface area (Å²) in [5.41, 5.74) is 8.05. The second-order valence-electron chi connectivity index (χ2n) is 4.72. The zero-order valence-electron chi connectivity index (χ0n) is 10.6. The molecule has 0 aliphatic carbocycles. The summed E-state index contributed by atoms with van der Waals surface area (Å²) in [5, 5.41) is 0. The van der Waals surface area contributed by atoms with Gasteiger partial charge in [-0.1, -0.05) is 0 Å². The summed E-state index contributed by atoms with van der Waals surface area (Å²) < 4.78 is 0. The molecule has 1 aromatic carbocycles. The Labute approximate surface area is 108 Å². The van der Waals surface area contributed by atoms with Crippen molar-refractivity contribution in [1.29, 1.82) is 0 Å². The normalized spacial score (nSPS) is 15.1. The fraction of sp³-hybridized carbons (Fsp3) is 0.538. The molecule has 0 aromatic heterocycles. The van der Waals surface area contributed by atoms with E-state index in [9.17, 15) is 0 Å². The lowest BCUT2D eigenvalue weighted by Gasteiger charge is -2.31. The summed E-state index contributed by atoms with van der Waals surface area (Å²) in [7, 11) is 4.25. The predicted octanol–water partition coefficient (Wildman–Crippen LogP) is 2.13. The first-order chi connectivity index (χ1) is 8.16. The van der Waals surface area contributed by atoms with Crippen LogP contribution in [0.5, 0.6) is 0 Å². The van der Waals surface area contributed by atoms with Gasteiger partial charge < -0.3 is 15.5 Å². The lowest BCUT2D eigenvalue weighted by atomic mass is 10.2. The van der Waals surface area contributed by atoms with Crippen LogP contribution in [0.3, 0.4) is 0 Å². The molecule has 1 aliphatic heterocycles. The number of anilines is 2. The summed E-state index contributed by atoms with van der Waals surface area (Å²) in [5.74, 6) is 1.17. The number of hydrogen-bond acceptors (Lipinski definition) is 4. The maximum Gasteiger partial charge on any atom is 0.0506 e. The molecule has 17 heavy (non-hydrogen) atoms. The first-order valence-electron chi connectivity index (χ1n) is 6.09. The lowest BCUT2D eigenvalue weighted by Crippen LogP contribution is -2.31. The van der Waals surface area contributed by atoms with Crippen LogP contribution in [0.25, 0.3) is 0 Å². The van der Waals surface area contributed by atoms with Crippen molar-refractivity contribution in [3.63, 3.8) is 0 Å². The van der Waals surface area contributed by atoms with Crippen LogP contribution in [0.4, 0.5) is 11.4 Å². The highest BCUT2D eigenvalue weighted by Gasteiger charge is 2.16. The smallest absolute Gasteiger partial charge is 0.0506 e. The van der Waals surface area contributed by atoms with Crippen molar-refractivity contribution >= 4 is 23.1 Å². The Kier molecular flexibility index (Phi) is 4.18. The Morgan fingerprint density at radius 1 is 1.41 bits per heavy atom. The van der Waals surface area contributed by atoms with Crippen LogP contribution in [-0.2, 0) is 0 Å². The minimum atomic E-state index is 0.867. The number of thioether (sulfide) groups is 1. The third-order valence-electron chi connectivity index (χ3n) is 2.98. The molecule has 2 rings (SSSR count). The Hall–Kier alpha value is -0.870. The molecule has 0 bridgehead atoms. The predicted molar refractivity (Wildman–Crippen MR) is 77.0 cm³/mol. The molecule has 0 fully saturated rings. The van der Waals surface area contributed by atoms with Crippen molar-refractivity contribution in [2.45, 2.75) is 11.3 Å². The largest absolute Gasteiger partial charge is 0.399 e. The SMILES string of the molecule is CN(C)CCCN1CCSc2cc(N)ccc21. The minimum Gasteiger partial charge on any atom is -0.399 e. The molecule has 1 aliphatic rings. The van der Waals surface area contributed by atoms with Gasteiger partial charge in [0.05, 0.1) is 5.69 Å². The van der Waals surface area contributed by atoms with Crippen molar-refractivity contribution in [2.75, 3.05) is 50.1 Å². The second-order valence-corrected chi connectivity index (χ2v) is 5.86. The van der Waals surface area contributed by atoms with Gasteiger partial charge in [-0.05, 0) is 45.3 Å². The molecule has 2 N–H and O–H groups in total. The number of rotatable bonds is 4. The average molecular weight is 251 g/mol. The molecule has 1 heterocycles. The van der Waals surface area contributed by atoms with Gasteiger partial charge in [0, 0.05) is 29.4 Å². The van der Waals surface area contributed by atoms with E-state index >= 15 is 0 Å². The van der Waals surface area contributed by atoms with Crippen LogP contribution in [0.15, 0.2) is 23.1 Å². The van der Waals surface area contributed by atoms with E-state index in [1.807, 2.05) is 17.8 Å². The third kappa shape index (κ3) is 3.30. The van der Waals surface area contributed by atoms with Gasteiger partial charge >= 0.3 is 0 Å². The Morgan fingerprint density at radius 2 is 2.24 bits per heavy atom. The molecule has 94 valence electrons. The highest BCUT2D eigenvalue weighted by Crippen LogP contribution is 2.35. The van der Waals surface area contributed by atoms with E-state index in [0.29, 0.717) is 0 Å². The molecule has 0 saturated heterocycles. The van der Waals surface area contributed by atoms with Crippen molar-refractivity contribution in [2.24, 2.45) is 0 Å². The van der Waals surface area contributed by atoms with Crippen molar-refractivity contribution in [3.05, 3.63) is 18.2 Å². The highest BCUT2D eigenvalue weighted by atomic mass is 32.2. The van der Waals surface area contributed by atoms with Gasteiger partial charge in [-0.25, -0.2) is 0 Å². The Morgan fingerprint density at radius 3 is 3.00 bits per heavy atom. The van der Waals surface area contributed by atoms with Crippen molar-refractivity contribution in [1.82, 2.24) is 4.90 Å². The van der Waals surface area contributed by atoms with E-state index in [4.69, 9.17) is 5.73 Å². The lowest BCUT2D eigenvalue weighted by molar-refractivity contribution is 0.400. The maximum absolute atomic E-state index is 5.83. The van der Waals surface area contributed by atoms with E-state index in [1.54, 1.807) is 0 Å². The second kappa shape index (κ2) is 5.65. The first-order valence-corrected chi connectivity index (χ1v) is 7.07. The molecule has 0 unspecified atom stereocenters. The number of nitrogens with zero attached hydrogens (tertiary/aromatic N) is 2.